The maximum atomic E-state index is 3.99. The highest BCUT2D eigenvalue weighted by Gasteiger charge is 1.97. The second kappa shape index (κ2) is 5.41. The van der Waals surface area contributed by atoms with Crippen molar-refractivity contribution >= 4 is 12.2 Å². The van der Waals surface area contributed by atoms with Gasteiger partial charge in [-0.3, -0.25) is 9.89 Å². The number of aliphatic imine (C=N–C) groups is 2. The summed E-state index contributed by atoms with van der Waals surface area (Å²) in [5.74, 6) is 0.581. The minimum Gasteiger partial charge on any atom is -0.294 e. The normalized spacial score (nSPS) is 11.6. The Hall–Kier alpha value is -1.38. The van der Waals surface area contributed by atoms with Crippen LogP contribution in [-0.4, -0.2) is 24.1 Å². The first-order valence-electron chi connectivity index (χ1n) is 3.29. The number of hydrogen-bond acceptors (Lipinski definition) is 1. The zero-order valence-electron chi connectivity index (χ0n) is 6.99. The van der Waals surface area contributed by atoms with Gasteiger partial charge >= 0.3 is 0 Å². The van der Waals surface area contributed by atoms with Gasteiger partial charge in [0.25, 0.3) is 0 Å². The maximum absolute atomic E-state index is 3.99. The van der Waals surface area contributed by atoms with Crippen LogP contribution in [-0.2, 0) is 0 Å². The molecule has 0 N–H and O–H groups in total. The van der Waals surface area contributed by atoms with E-state index >= 15 is 0 Å². The molecule has 60 valence electrons. The molecule has 0 unspecified atom stereocenters. The molecule has 3 nitrogen and oxygen atoms in total. The Bertz CT molecular complexity index is 184. The van der Waals surface area contributed by atoms with Crippen molar-refractivity contribution in [1.29, 1.82) is 0 Å². The fourth-order valence-corrected chi connectivity index (χ4v) is 0.593. The van der Waals surface area contributed by atoms with Crippen LogP contribution in [0.15, 0.2) is 35.5 Å². The molecule has 0 bridgehead atoms. The molecule has 3 heteroatoms. The van der Waals surface area contributed by atoms with E-state index in [2.05, 4.69) is 23.1 Å². The third-order valence-electron chi connectivity index (χ3n) is 1.07. The highest BCUT2D eigenvalue weighted by molar-refractivity contribution is 5.88. The highest BCUT2D eigenvalue weighted by Crippen LogP contribution is 1.93. The molecule has 0 spiro atoms. The molecular weight excluding hydrogens is 138 g/mol. The summed E-state index contributed by atoms with van der Waals surface area (Å²) in [6.07, 6.45) is 4.87. The van der Waals surface area contributed by atoms with E-state index in [-0.39, 0.29) is 0 Å². The van der Waals surface area contributed by atoms with Gasteiger partial charge in [0.15, 0.2) is 0 Å². The number of guanidine groups is 1. The molecule has 0 saturated heterocycles. The van der Waals surface area contributed by atoms with Gasteiger partial charge in [-0.1, -0.05) is 13.2 Å². The minimum atomic E-state index is 0.581. The van der Waals surface area contributed by atoms with Crippen LogP contribution >= 0.6 is 0 Å². The summed E-state index contributed by atoms with van der Waals surface area (Å²) < 4.78 is 0. The second-order valence-electron chi connectivity index (χ2n) is 1.68. The molecule has 0 aliphatic carbocycles. The summed E-state index contributed by atoms with van der Waals surface area (Å²) >= 11 is 0. The SMILES string of the molecule is C=CN(C=C)C(N=CC)=NC. The van der Waals surface area contributed by atoms with Gasteiger partial charge in [0.2, 0.25) is 5.96 Å². The first-order chi connectivity index (χ1) is 5.29. The molecule has 0 fully saturated rings. The highest BCUT2D eigenvalue weighted by atomic mass is 15.2. The van der Waals surface area contributed by atoms with E-state index in [1.807, 2.05) is 6.92 Å². The summed E-state index contributed by atoms with van der Waals surface area (Å²) in [5.41, 5.74) is 0. The van der Waals surface area contributed by atoms with Crippen molar-refractivity contribution in [2.24, 2.45) is 9.98 Å². The molecule has 0 aliphatic rings. The molecular formula is C8H13N3. The van der Waals surface area contributed by atoms with Gasteiger partial charge in [0, 0.05) is 25.7 Å². The van der Waals surface area contributed by atoms with Crippen molar-refractivity contribution in [2.75, 3.05) is 7.05 Å². The molecule has 0 radical (unpaired) electrons. The van der Waals surface area contributed by atoms with Crippen molar-refractivity contribution in [1.82, 2.24) is 4.90 Å². The topological polar surface area (TPSA) is 28.0 Å². The van der Waals surface area contributed by atoms with Gasteiger partial charge in [-0.05, 0) is 6.92 Å². The van der Waals surface area contributed by atoms with E-state index in [0.29, 0.717) is 5.96 Å². The van der Waals surface area contributed by atoms with E-state index < -0.39 is 0 Å². The van der Waals surface area contributed by atoms with Gasteiger partial charge < -0.3 is 0 Å². The fourth-order valence-electron chi connectivity index (χ4n) is 0.593. The Morgan fingerprint density at radius 3 is 2.18 bits per heavy atom. The zero-order valence-corrected chi connectivity index (χ0v) is 6.99. The standard InChI is InChI=1S/C8H13N3/c1-5-10-8(9-4)11(6-2)7-3/h5-7H,2-3H2,1,4H3. The van der Waals surface area contributed by atoms with Crippen LogP contribution in [0.5, 0.6) is 0 Å². The average Bonchev–Trinajstić information content (AvgIpc) is 2.05. The van der Waals surface area contributed by atoms with Crippen LogP contribution in [0.3, 0.4) is 0 Å². The summed E-state index contributed by atoms with van der Waals surface area (Å²) in [6, 6.07) is 0. The Morgan fingerprint density at radius 1 is 1.36 bits per heavy atom. The van der Waals surface area contributed by atoms with E-state index in [1.54, 1.807) is 30.6 Å². The van der Waals surface area contributed by atoms with Crippen molar-refractivity contribution in [3.05, 3.63) is 25.6 Å². The Kier molecular flexibility index (Phi) is 4.73. The van der Waals surface area contributed by atoms with E-state index in [9.17, 15) is 0 Å². The van der Waals surface area contributed by atoms with E-state index in [4.69, 9.17) is 0 Å². The predicted octanol–water partition coefficient (Wildman–Crippen LogP) is 1.65. The molecule has 0 aromatic rings. The molecule has 11 heavy (non-hydrogen) atoms. The van der Waals surface area contributed by atoms with Gasteiger partial charge in [-0.25, -0.2) is 4.99 Å². The lowest BCUT2D eigenvalue weighted by atomic mass is 10.7. The van der Waals surface area contributed by atoms with E-state index in [1.165, 1.54) is 0 Å². The third kappa shape index (κ3) is 2.80. The monoisotopic (exact) mass is 151 g/mol. The first-order valence-corrected chi connectivity index (χ1v) is 3.29. The Labute approximate surface area is 67.5 Å². The lowest BCUT2D eigenvalue weighted by Gasteiger charge is -2.11. The van der Waals surface area contributed by atoms with Gasteiger partial charge in [0.05, 0.1) is 0 Å². The lowest BCUT2D eigenvalue weighted by molar-refractivity contribution is 0.751. The van der Waals surface area contributed by atoms with Crippen LogP contribution in [0.1, 0.15) is 6.92 Å². The maximum Gasteiger partial charge on any atom is 0.228 e. The van der Waals surface area contributed by atoms with Gasteiger partial charge in [0.1, 0.15) is 0 Å². The summed E-state index contributed by atoms with van der Waals surface area (Å²) in [5, 5.41) is 0. The van der Waals surface area contributed by atoms with Crippen molar-refractivity contribution in [3.63, 3.8) is 0 Å². The molecule has 0 saturated carbocycles. The minimum absolute atomic E-state index is 0.581. The summed E-state index contributed by atoms with van der Waals surface area (Å²) in [7, 11) is 1.67. The molecule has 0 atom stereocenters. The smallest absolute Gasteiger partial charge is 0.228 e. The molecule has 0 rings (SSSR count). The molecule has 0 amide bonds. The third-order valence-corrected chi connectivity index (χ3v) is 1.07. The van der Waals surface area contributed by atoms with Gasteiger partial charge in [-0.15, -0.1) is 0 Å². The van der Waals surface area contributed by atoms with Crippen molar-refractivity contribution in [2.45, 2.75) is 6.92 Å². The van der Waals surface area contributed by atoms with Crippen LogP contribution in [0, 0.1) is 0 Å². The summed E-state index contributed by atoms with van der Waals surface area (Å²) in [4.78, 5) is 9.55. The lowest BCUT2D eigenvalue weighted by Crippen LogP contribution is -2.16. The zero-order chi connectivity index (χ0) is 8.69. The van der Waals surface area contributed by atoms with Crippen molar-refractivity contribution < 1.29 is 0 Å². The van der Waals surface area contributed by atoms with E-state index in [0.717, 1.165) is 0 Å². The average molecular weight is 151 g/mol. The quantitative estimate of drug-likeness (QED) is 0.435. The number of hydrogen-bond donors (Lipinski definition) is 0. The van der Waals surface area contributed by atoms with Crippen LogP contribution in [0.2, 0.25) is 0 Å². The summed E-state index contributed by atoms with van der Waals surface area (Å²) in [6.45, 7) is 8.99. The van der Waals surface area contributed by atoms with Crippen molar-refractivity contribution in [3.8, 4) is 0 Å². The molecule has 0 aliphatic heterocycles. The van der Waals surface area contributed by atoms with Crippen LogP contribution in [0.4, 0.5) is 0 Å². The number of rotatable bonds is 2. The largest absolute Gasteiger partial charge is 0.294 e. The first kappa shape index (κ1) is 9.62. The Balaban J connectivity index is 4.47. The Morgan fingerprint density at radius 2 is 1.91 bits per heavy atom. The molecule has 0 aromatic heterocycles. The molecule has 0 heterocycles. The van der Waals surface area contributed by atoms with Gasteiger partial charge in [-0.2, -0.15) is 0 Å². The fraction of sp³-hybridized carbons (Fsp3) is 0.250. The second-order valence-corrected chi connectivity index (χ2v) is 1.68. The predicted molar refractivity (Wildman–Crippen MR) is 49.8 cm³/mol. The van der Waals surface area contributed by atoms with Crippen LogP contribution < -0.4 is 0 Å². The number of nitrogens with zero attached hydrogens (tertiary/aromatic N) is 3. The van der Waals surface area contributed by atoms with Crippen LogP contribution in [0.25, 0.3) is 0 Å². The molecule has 0 aromatic carbocycles.